The van der Waals surface area contributed by atoms with Gasteiger partial charge in [-0.25, -0.2) is 0 Å². The Kier molecular flexibility index (Phi) is 4.70. The third-order valence-corrected chi connectivity index (χ3v) is 5.98. The number of alkyl halides is 1. The average molecular weight is 325 g/mol. The highest BCUT2D eigenvalue weighted by molar-refractivity contribution is 7.12. The predicted molar refractivity (Wildman–Crippen MR) is 89.3 cm³/mol. The lowest BCUT2D eigenvalue weighted by Crippen LogP contribution is -1.93. The van der Waals surface area contributed by atoms with Gasteiger partial charge in [0.2, 0.25) is 0 Å². The van der Waals surface area contributed by atoms with Gasteiger partial charge in [-0.2, -0.15) is 0 Å². The SMILES string of the molecule is Clc1cccc(CC(Cl)c2cc3c(s2)CCCCC3)c1. The molecule has 0 radical (unpaired) electrons. The maximum atomic E-state index is 6.62. The van der Waals surface area contributed by atoms with Crippen molar-refractivity contribution in [2.24, 2.45) is 0 Å². The van der Waals surface area contributed by atoms with Crippen LogP contribution in [0.1, 0.15) is 45.5 Å². The summed E-state index contributed by atoms with van der Waals surface area (Å²) in [5.41, 5.74) is 2.75. The Morgan fingerprint density at radius 2 is 1.95 bits per heavy atom. The number of halogens is 2. The summed E-state index contributed by atoms with van der Waals surface area (Å²) < 4.78 is 0. The molecule has 20 heavy (non-hydrogen) atoms. The van der Waals surface area contributed by atoms with Gasteiger partial charge in [-0.3, -0.25) is 0 Å². The number of hydrogen-bond donors (Lipinski definition) is 0. The number of benzene rings is 1. The van der Waals surface area contributed by atoms with E-state index in [-0.39, 0.29) is 5.38 Å². The highest BCUT2D eigenvalue weighted by Crippen LogP contribution is 2.36. The molecule has 0 bridgehead atoms. The number of aryl methyl sites for hydroxylation is 2. The highest BCUT2D eigenvalue weighted by atomic mass is 35.5. The third-order valence-electron chi connectivity index (χ3n) is 3.88. The Balaban J connectivity index is 1.75. The quantitative estimate of drug-likeness (QED) is 0.466. The van der Waals surface area contributed by atoms with E-state index in [9.17, 15) is 0 Å². The molecular weight excluding hydrogens is 307 g/mol. The molecule has 1 heterocycles. The van der Waals surface area contributed by atoms with E-state index in [1.807, 2.05) is 29.5 Å². The molecule has 0 fully saturated rings. The smallest absolute Gasteiger partial charge is 0.0719 e. The van der Waals surface area contributed by atoms with Crippen LogP contribution in [0.2, 0.25) is 5.02 Å². The third kappa shape index (κ3) is 3.39. The molecule has 3 rings (SSSR count). The summed E-state index contributed by atoms with van der Waals surface area (Å²) in [4.78, 5) is 2.88. The predicted octanol–water partition coefficient (Wildman–Crippen LogP) is 6.19. The van der Waals surface area contributed by atoms with E-state index < -0.39 is 0 Å². The van der Waals surface area contributed by atoms with Crippen molar-refractivity contribution < 1.29 is 0 Å². The first kappa shape index (κ1) is 14.4. The van der Waals surface area contributed by atoms with E-state index in [4.69, 9.17) is 23.2 Å². The van der Waals surface area contributed by atoms with Crippen LogP contribution in [0, 0.1) is 0 Å². The van der Waals surface area contributed by atoms with Gasteiger partial charge in [0.1, 0.15) is 0 Å². The minimum atomic E-state index is 0.0605. The average Bonchev–Trinajstić information content (AvgIpc) is 2.70. The van der Waals surface area contributed by atoms with Gasteiger partial charge in [-0.05, 0) is 61.4 Å². The monoisotopic (exact) mass is 324 g/mol. The van der Waals surface area contributed by atoms with Crippen molar-refractivity contribution in [2.75, 3.05) is 0 Å². The molecule has 0 amide bonds. The van der Waals surface area contributed by atoms with E-state index >= 15 is 0 Å². The van der Waals surface area contributed by atoms with Crippen molar-refractivity contribution in [1.82, 2.24) is 0 Å². The first-order valence-electron chi connectivity index (χ1n) is 7.22. The Bertz CT molecular complexity index is 565. The Morgan fingerprint density at radius 3 is 2.80 bits per heavy atom. The largest absolute Gasteiger partial charge is 0.144 e. The number of hydrogen-bond acceptors (Lipinski definition) is 1. The fraction of sp³-hybridized carbons (Fsp3) is 0.412. The molecular formula is C17H18Cl2S. The molecule has 1 atom stereocenters. The zero-order valence-corrected chi connectivity index (χ0v) is 13.7. The molecule has 0 spiro atoms. The van der Waals surface area contributed by atoms with Gasteiger partial charge >= 0.3 is 0 Å². The number of fused-ring (bicyclic) bond motifs is 1. The van der Waals surface area contributed by atoms with Crippen LogP contribution in [0.5, 0.6) is 0 Å². The van der Waals surface area contributed by atoms with Crippen molar-refractivity contribution in [1.29, 1.82) is 0 Å². The van der Waals surface area contributed by atoms with Gasteiger partial charge in [0.15, 0.2) is 0 Å². The van der Waals surface area contributed by atoms with Crippen molar-refractivity contribution in [3.05, 3.63) is 56.2 Å². The minimum absolute atomic E-state index is 0.0605. The maximum absolute atomic E-state index is 6.62. The molecule has 1 aromatic carbocycles. The van der Waals surface area contributed by atoms with Crippen LogP contribution >= 0.6 is 34.5 Å². The lowest BCUT2D eigenvalue weighted by molar-refractivity contribution is 0.712. The van der Waals surface area contributed by atoms with Crippen molar-refractivity contribution >= 4 is 34.5 Å². The van der Waals surface area contributed by atoms with Crippen LogP contribution < -0.4 is 0 Å². The van der Waals surface area contributed by atoms with Crippen LogP contribution in [-0.4, -0.2) is 0 Å². The molecule has 1 aliphatic carbocycles. The number of thiophene rings is 1. The Morgan fingerprint density at radius 1 is 1.10 bits per heavy atom. The zero-order chi connectivity index (χ0) is 13.9. The van der Waals surface area contributed by atoms with Gasteiger partial charge in [0, 0.05) is 14.8 Å². The van der Waals surface area contributed by atoms with Gasteiger partial charge < -0.3 is 0 Å². The lowest BCUT2D eigenvalue weighted by atomic mass is 10.1. The van der Waals surface area contributed by atoms with Crippen LogP contribution in [0.25, 0.3) is 0 Å². The van der Waals surface area contributed by atoms with Crippen molar-refractivity contribution in [2.45, 2.75) is 43.9 Å². The van der Waals surface area contributed by atoms with Crippen LogP contribution in [0.3, 0.4) is 0 Å². The summed E-state index contributed by atoms with van der Waals surface area (Å²) in [5, 5.41) is 0.846. The molecule has 3 heteroatoms. The molecule has 1 unspecified atom stereocenters. The van der Waals surface area contributed by atoms with Gasteiger partial charge in [-0.1, -0.05) is 30.2 Å². The minimum Gasteiger partial charge on any atom is -0.144 e. The molecule has 0 aliphatic heterocycles. The van der Waals surface area contributed by atoms with Gasteiger partial charge in [0.05, 0.1) is 5.38 Å². The van der Waals surface area contributed by atoms with Crippen LogP contribution in [0.15, 0.2) is 30.3 Å². The van der Waals surface area contributed by atoms with E-state index in [0.29, 0.717) is 0 Å². The maximum Gasteiger partial charge on any atom is 0.0719 e. The highest BCUT2D eigenvalue weighted by Gasteiger charge is 2.17. The van der Waals surface area contributed by atoms with E-state index in [2.05, 4.69) is 12.1 Å². The van der Waals surface area contributed by atoms with Gasteiger partial charge in [-0.15, -0.1) is 22.9 Å². The Hall–Kier alpha value is -0.500. The summed E-state index contributed by atoms with van der Waals surface area (Å²) in [7, 11) is 0. The molecule has 1 aliphatic rings. The molecule has 0 saturated heterocycles. The fourth-order valence-corrected chi connectivity index (χ4v) is 4.64. The van der Waals surface area contributed by atoms with Crippen molar-refractivity contribution in [3.8, 4) is 0 Å². The molecule has 106 valence electrons. The second-order valence-electron chi connectivity index (χ2n) is 5.46. The summed E-state index contributed by atoms with van der Waals surface area (Å²) in [6.07, 6.45) is 7.33. The molecule has 0 N–H and O–H groups in total. The topological polar surface area (TPSA) is 0 Å². The molecule has 0 nitrogen and oxygen atoms in total. The van der Waals surface area contributed by atoms with E-state index in [1.54, 1.807) is 10.4 Å². The van der Waals surface area contributed by atoms with Crippen molar-refractivity contribution in [3.63, 3.8) is 0 Å². The second kappa shape index (κ2) is 6.51. The zero-order valence-electron chi connectivity index (χ0n) is 11.4. The summed E-state index contributed by atoms with van der Waals surface area (Å²) in [6.45, 7) is 0. The molecule has 1 aromatic heterocycles. The first-order valence-corrected chi connectivity index (χ1v) is 8.85. The number of rotatable bonds is 3. The lowest BCUT2D eigenvalue weighted by Gasteiger charge is -2.07. The Labute approximate surface area is 134 Å². The van der Waals surface area contributed by atoms with Crippen LogP contribution in [0.4, 0.5) is 0 Å². The summed E-state index contributed by atoms with van der Waals surface area (Å²) in [5.74, 6) is 0. The van der Waals surface area contributed by atoms with E-state index in [1.165, 1.54) is 42.5 Å². The van der Waals surface area contributed by atoms with Gasteiger partial charge in [0.25, 0.3) is 0 Å². The first-order chi connectivity index (χ1) is 9.72. The summed E-state index contributed by atoms with van der Waals surface area (Å²) >= 11 is 14.6. The second-order valence-corrected chi connectivity index (χ2v) is 7.59. The normalized spacial score (nSPS) is 16.5. The molecule has 2 aromatic rings. The van der Waals surface area contributed by atoms with E-state index in [0.717, 1.165) is 11.4 Å². The molecule has 0 saturated carbocycles. The van der Waals surface area contributed by atoms with Crippen LogP contribution in [-0.2, 0) is 19.3 Å². The standard InChI is InChI=1S/C17H18Cl2S/c18-14-7-4-5-12(9-14)10-15(19)17-11-13-6-2-1-3-8-16(13)20-17/h4-5,7,9,11,15H,1-3,6,8,10H2. The summed E-state index contributed by atoms with van der Waals surface area (Å²) in [6, 6.07) is 10.3. The fourth-order valence-electron chi connectivity index (χ4n) is 2.82.